The molecule has 5 heavy (non-hydrogen) atoms. The molecule has 0 bridgehead atoms. The van der Waals surface area contributed by atoms with E-state index in [1.54, 1.807) is 22.5 Å². The van der Waals surface area contributed by atoms with Gasteiger partial charge in [-0.15, -0.1) is 0 Å². The minimum absolute atomic E-state index is 1.31. The van der Waals surface area contributed by atoms with Crippen molar-refractivity contribution in [3.05, 3.63) is 0 Å². The molecule has 0 aromatic rings. The number of hydrogen-bond donors (Lipinski definition) is 0. The number of hydrogen-bond acceptors (Lipinski definition) is 2. The van der Waals surface area contributed by atoms with E-state index in [2.05, 4.69) is 6.26 Å². The molecule has 3 radical (unpaired) electrons. The van der Waals surface area contributed by atoms with Gasteiger partial charge >= 0.3 is 54.1 Å². The summed E-state index contributed by atoms with van der Waals surface area (Å²) in [5.74, 6) is 0. The molecule has 0 heterocycles. The Kier molecular flexibility index (Phi) is 7.15. The van der Waals surface area contributed by atoms with Crippen molar-refractivity contribution >= 4 is 44.1 Å². The molecule has 0 aromatic carbocycles. The Morgan fingerprint density at radius 1 is 1.80 bits per heavy atom. The summed E-state index contributed by atoms with van der Waals surface area (Å²) in [6.07, 6.45) is 2.11. The average molecular weight is 212 g/mol. The first-order valence-electron chi connectivity index (χ1n) is 1.22. The molecule has 0 saturated heterocycles. The van der Waals surface area contributed by atoms with Gasteiger partial charge in [-0.25, -0.2) is 0 Å². The van der Waals surface area contributed by atoms with Crippen LogP contribution in [0.25, 0.3) is 0 Å². The Morgan fingerprint density at radius 2 is 2.40 bits per heavy atom. The second kappa shape index (κ2) is 5.50. The third kappa shape index (κ3) is 5.50. The summed E-state index contributed by atoms with van der Waals surface area (Å²) in [5, 5.41) is 0. The first-order valence-corrected chi connectivity index (χ1v) is 5.96. The monoisotopic (exact) mass is 213 g/mol. The fraction of sp³-hybridized carbons (Fsp3) is 1.00. The van der Waals surface area contributed by atoms with Crippen molar-refractivity contribution < 1.29 is 0 Å². The maximum absolute atomic E-state index is 2.11. The van der Waals surface area contributed by atoms with E-state index in [-0.39, 0.29) is 0 Å². The normalized spacial score (nSPS) is 8.40. The molecule has 0 aromatic heterocycles. The van der Waals surface area contributed by atoms with E-state index in [9.17, 15) is 0 Å². The van der Waals surface area contributed by atoms with Gasteiger partial charge in [0, 0.05) is 0 Å². The number of rotatable bonds is 2. The van der Waals surface area contributed by atoms with E-state index in [0.717, 1.165) is 0 Å². The van der Waals surface area contributed by atoms with E-state index in [1.807, 2.05) is 21.6 Å². The maximum atomic E-state index is 2.11. The Balaban J connectivity index is 2.19. The molecule has 0 fully saturated rings. The van der Waals surface area contributed by atoms with E-state index < -0.39 is 0 Å². The van der Waals surface area contributed by atoms with Crippen LogP contribution >= 0.6 is 21.6 Å². The molecule has 0 spiro atoms. The molecule has 0 unspecified atom stereocenters. The Bertz CT molecular complexity index is 15.1. The Morgan fingerprint density at radius 3 is 2.40 bits per heavy atom. The van der Waals surface area contributed by atoms with Gasteiger partial charge in [-0.1, -0.05) is 0 Å². The molecule has 0 aliphatic heterocycles. The van der Waals surface area contributed by atoms with Crippen LogP contribution in [-0.4, -0.2) is 32.5 Å². The van der Waals surface area contributed by atoms with Gasteiger partial charge in [0.1, 0.15) is 0 Å². The van der Waals surface area contributed by atoms with Crippen molar-refractivity contribution in [1.82, 2.24) is 0 Å². The summed E-state index contributed by atoms with van der Waals surface area (Å²) in [4.78, 5) is 0. The van der Waals surface area contributed by atoms with Crippen LogP contribution in [0.3, 0.4) is 0 Å². The van der Waals surface area contributed by atoms with Crippen LogP contribution in [0.15, 0.2) is 0 Å². The predicted molar refractivity (Wildman–Crippen MR) is 31.7 cm³/mol. The second-order valence-corrected chi connectivity index (χ2v) is 5.47. The fourth-order valence-electron chi connectivity index (χ4n) is 0.0589. The fourth-order valence-corrected chi connectivity index (χ4v) is 3.56. The summed E-state index contributed by atoms with van der Waals surface area (Å²) in [6, 6.07) is 0. The third-order valence-corrected chi connectivity index (χ3v) is 4.62. The van der Waals surface area contributed by atoms with Crippen LogP contribution in [0.2, 0.25) is 0 Å². The van der Waals surface area contributed by atoms with E-state index in [0.29, 0.717) is 0 Å². The van der Waals surface area contributed by atoms with Gasteiger partial charge in [-0.3, -0.25) is 0 Å². The molecular weight excluding hydrogens is 207 g/mol. The zero-order valence-electron chi connectivity index (χ0n) is 3.02. The predicted octanol–water partition coefficient (Wildman–Crippen LogP) is 1.12. The summed E-state index contributed by atoms with van der Waals surface area (Å²) in [5.41, 5.74) is 0. The molecule has 3 heteroatoms. The molecule has 0 aliphatic carbocycles. The molecule has 0 saturated carbocycles. The van der Waals surface area contributed by atoms with Gasteiger partial charge < -0.3 is 0 Å². The molecule has 29 valence electrons. The molecule has 0 N–H and O–H groups in total. The van der Waals surface area contributed by atoms with Gasteiger partial charge in [-0.2, -0.15) is 0 Å². The van der Waals surface area contributed by atoms with Crippen molar-refractivity contribution in [1.29, 1.82) is 0 Å². The van der Waals surface area contributed by atoms with Crippen LogP contribution in [0.5, 0.6) is 0 Å². The summed E-state index contributed by atoms with van der Waals surface area (Å²) >= 11 is 1.63. The minimum atomic E-state index is 1.31. The molecule has 0 nitrogen and oxygen atoms in total. The van der Waals surface area contributed by atoms with E-state index in [4.69, 9.17) is 0 Å². The third-order valence-electron chi connectivity index (χ3n) is 0.177. The first kappa shape index (κ1) is 6.50. The molecular formula is C2H5S2Sn. The van der Waals surface area contributed by atoms with Crippen LogP contribution in [-0.2, 0) is 0 Å². The van der Waals surface area contributed by atoms with Crippen molar-refractivity contribution in [2.45, 2.75) is 0 Å². The SMILES string of the molecule is CSS[CH2][Sn]. The van der Waals surface area contributed by atoms with Crippen molar-refractivity contribution in [2.24, 2.45) is 0 Å². The van der Waals surface area contributed by atoms with Crippen molar-refractivity contribution in [3.63, 3.8) is 0 Å². The van der Waals surface area contributed by atoms with Crippen molar-refractivity contribution in [2.75, 3.05) is 10.0 Å². The van der Waals surface area contributed by atoms with E-state index in [1.165, 1.54) is 3.77 Å². The standard InChI is InChI=1S/C2H5S2.Sn/c1-3-4-2;/h1H2,2H3;. The topological polar surface area (TPSA) is 0 Å². The van der Waals surface area contributed by atoms with Crippen LogP contribution < -0.4 is 0 Å². The summed E-state index contributed by atoms with van der Waals surface area (Å²) in [6.45, 7) is 0. The zero-order chi connectivity index (χ0) is 4.12. The molecule has 0 rings (SSSR count). The van der Waals surface area contributed by atoms with Crippen LogP contribution in [0, 0.1) is 0 Å². The average Bonchev–Trinajstić information content (AvgIpc) is 1.41. The van der Waals surface area contributed by atoms with Crippen LogP contribution in [0.1, 0.15) is 0 Å². The van der Waals surface area contributed by atoms with Crippen molar-refractivity contribution in [3.8, 4) is 0 Å². The summed E-state index contributed by atoms with van der Waals surface area (Å²) < 4.78 is 1.31. The molecule has 0 atom stereocenters. The van der Waals surface area contributed by atoms with Gasteiger partial charge in [0.2, 0.25) is 0 Å². The van der Waals surface area contributed by atoms with Gasteiger partial charge in [0.15, 0.2) is 0 Å². The van der Waals surface area contributed by atoms with E-state index >= 15 is 0 Å². The quantitative estimate of drug-likeness (QED) is 0.496. The van der Waals surface area contributed by atoms with Crippen LogP contribution in [0.4, 0.5) is 0 Å². The van der Waals surface area contributed by atoms with Gasteiger partial charge in [0.25, 0.3) is 0 Å². The summed E-state index contributed by atoms with van der Waals surface area (Å²) in [7, 11) is 3.76. The molecule has 0 amide bonds. The Labute approximate surface area is 54.0 Å². The van der Waals surface area contributed by atoms with Gasteiger partial charge in [0.05, 0.1) is 0 Å². The second-order valence-electron chi connectivity index (χ2n) is 0.429. The van der Waals surface area contributed by atoms with Gasteiger partial charge in [-0.05, 0) is 0 Å². The Hall–Kier alpha value is 1.50. The molecule has 0 aliphatic rings. The first-order chi connectivity index (χ1) is 2.41. The zero-order valence-corrected chi connectivity index (χ0v) is 7.51.